The Hall–Kier alpha value is -4.61. The lowest BCUT2D eigenvalue weighted by Crippen LogP contribution is -2.70. The summed E-state index contributed by atoms with van der Waals surface area (Å²) in [4.78, 5) is 24.2. The molecule has 10 heteroatoms. The van der Waals surface area contributed by atoms with Gasteiger partial charge in [0.2, 0.25) is 5.79 Å². The summed E-state index contributed by atoms with van der Waals surface area (Å²) in [5.41, 5.74) is 3.42. The molecule has 0 spiro atoms. The van der Waals surface area contributed by atoms with Gasteiger partial charge in [-0.05, 0) is 128 Å². The number of carbonyl (C=O) groups excluding carboxylic acids is 1. The second-order valence-corrected chi connectivity index (χ2v) is 16.9. The molecule has 0 bridgehead atoms. The number of oxime groups is 1. The Bertz CT molecular complexity index is 2150. The Morgan fingerprint density at radius 2 is 1.70 bits per heavy atom. The summed E-state index contributed by atoms with van der Waals surface area (Å²) in [6.07, 6.45) is 12.1. The number of ether oxygens (including phenoxy) is 3. The van der Waals surface area contributed by atoms with Gasteiger partial charge in [-0.1, -0.05) is 67.4 Å². The number of thioether (sulfide) groups is 1. The number of nitrogens with zero attached hydrogens (tertiary/aromatic N) is 2. The van der Waals surface area contributed by atoms with Crippen molar-refractivity contribution in [2.24, 2.45) is 22.9 Å². The Labute approximate surface area is 359 Å². The normalized spacial score (nSPS) is 23.6. The number of carbonyl (C=O) groups is 1. The first kappa shape index (κ1) is 43.5. The molecule has 6 atom stereocenters. The van der Waals surface area contributed by atoms with Gasteiger partial charge >= 0.3 is 0 Å². The Morgan fingerprint density at radius 1 is 0.950 bits per heavy atom. The van der Waals surface area contributed by atoms with Gasteiger partial charge in [0.1, 0.15) is 29.9 Å². The molecule has 0 aromatic heterocycles. The SMILES string of the molecule is C=CCOC12Oc3ccc(Oc4ccc(SC)cc4)cc3C3C(CCCCO)C(CCCCO)C=C(C(=NOCC)CC1N(CCC)C(=O)c1ccc4ccccc4c1)C32. The molecule has 1 amide bonds. The minimum Gasteiger partial charge on any atom is -0.459 e. The number of hydrogen-bond donors (Lipinski definition) is 2. The molecule has 1 fully saturated rings. The highest BCUT2D eigenvalue weighted by molar-refractivity contribution is 7.98. The largest absolute Gasteiger partial charge is 0.459 e. The van der Waals surface area contributed by atoms with Crippen LogP contribution in [0.15, 0.2) is 119 Å². The molecule has 6 unspecified atom stereocenters. The lowest BCUT2D eigenvalue weighted by molar-refractivity contribution is -0.254. The van der Waals surface area contributed by atoms with Gasteiger partial charge in [-0.25, -0.2) is 0 Å². The molecule has 60 heavy (non-hydrogen) atoms. The average Bonchev–Trinajstić information content (AvgIpc) is 3.28. The zero-order valence-electron chi connectivity index (χ0n) is 35.3. The third kappa shape index (κ3) is 9.03. The molecular formula is C50H60N2O7S. The van der Waals surface area contributed by atoms with Crippen LogP contribution in [0.1, 0.15) is 87.1 Å². The molecule has 9 nitrogen and oxygen atoms in total. The summed E-state index contributed by atoms with van der Waals surface area (Å²) in [5, 5.41) is 26.8. The molecule has 0 saturated heterocycles. The van der Waals surface area contributed by atoms with Crippen LogP contribution >= 0.6 is 11.8 Å². The maximum Gasteiger partial charge on any atom is 0.254 e. The number of amides is 1. The van der Waals surface area contributed by atoms with Crippen LogP contribution < -0.4 is 9.47 Å². The van der Waals surface area contributed by atoms with E-state index >= 15 is 4.79 Å². The van der Waals surface area contributed by atoms with E-state index in [1.807, 2.05) is 72.5 Å². The number of hydrogen-bond acceptors (Lipinski definition) is 9. The van der Waals surface area contributed by atoms with E-state index in [9.17, 15) is 10.2 Å². The lowest BCUT2D eigenvalue weighted by Gasteiger charge is -2.60. The van der Waals surface area contributed by atoms with Crippen LogP contribution in [-0.4, -0.2) is 77.8 Å². The van der Waals surface area contributed by atoms with Crippen molar-refractivity contribution in [1.29, 1.82) is 0 Å². The number of allylic oxidation sites excluding steroid dienone is 1. The highest BCUT2D eigenvalue weighted by Gasteiger charge is 2.65. The molecule has 2 aliphatic carbocycles. The van der Waals surface area contributed by atoms with Crippen molar-refractivity contribution in [3.63, 3.8) is 0 Å². The quantitative estimate of drug-likeness (QED) is 0.0392. The molecule has 7 rings (SSSR count). The van der Waals surface area contributed by atoms with Crippen molar-refractivity contribution in [2.45, 2.75) is 87.9 Å². The smallest absolute Gasteiger partial charge is 0.254 e. The van der Waals surface area contributed by atoms with Gasteiger partial charge in [0, 0.05) is 48.1 Å². The van der Waals surface area contributed by atoms with Crippen LogP contribution in [0.4, 0.5) is 0 Å². The summed E-state index contributed by atoms with van der Waals surface area (Å²) >= 11 is 1.69. The molecule has 4 aromatic carbocycles. The van der Waals surface area contributed by atoms with Gasteiger partial charge in [0.25, 0.3) is 5.91 Å². The maximum atomic E-state index is 15.1. The fourth-order valence-electron chi connectivity index (χ4n) is 9.76. The standard InChI is InChI=1S/C50H60N2O7S/c1-5-26-52(49(55)37-19-18-34-14-8-9-15-35(34)30-37)46-33-44(51-57-7-3)42-31-36(16-10-12-27-53)41(17-11-13-28-54)47-43-32-39(58-38-20-23-40(60-4)24-21-38)22-25-45(43)59-50(46,48(42)47)56-29-6-2/h6,8-9,14-15,18-25,30-32,36,41,46-48,53-54H,2,5,7,10-13,16-17,26-29,33H2,1,3-4H3. The minimum atomic E-state index is -1.33. The van der Waals surface area contributed by atoms with E-state index in [4.69, 9.17) is 24.2 Å². The predicted molar refractivity (Wildman–Crippen MR) is 240 cm³/mol. The summed E-state index contributed by atoms with van der Waals surface area (Å²) < 4.78 is 21.1. The lowest BCUT2D eigenvalue weighted by atomic mass is 9.55. The van der Waals surface area contributed by atoms with E-state index < -0.39 is 17.7 Å². The maximum absolute atomic E-state index is 15.1. The van der Waals surface area contributed by atoms with Gasteiger partial charge in [-0.15, -0.1) is 18.3 Å². The van der Waals surface area contributed by atoms with E-state index in [0.717, 1.165) is 63.9 Å². The molecule has 318 valence electrons. The van der Waals surface area contributed by atoms with Gasteiger partial charge in [-0.3, -0.25) is 4.79 Å². The number of aliphatic hydroxyl groups is 2. The van der Waals surface area contributed by atoms with Gasteiger partial charge in [0.05, 0.1) is 18.2 Å². The Balaban J connectivity index is 1.43. The summed E-state index contributed by atoms with van der Waals surface area (Å²) in [6.45, 7) is 9.40. The summed E-state index contributed by atoms with van der Waals surface area (Å²) in [7, 11) is 0. The average molecular weight is 833 g/mol. The second kappa shape index (κ2) is 20.3. The van der Waals surface area contributed by atoms with Crippen molar-refractivity contribution < 1.29 is 34.1 Å². The molecule has 1 heterocycles. The van der Waals surface area contributed by atoms with Crippen molar-refractivity contribution in [2.75, 3.05) is 39.2 Å². The molecule has 2 N–H and O–H groups in total. The second-order valence-electron chi connectivity index (χ2n) is 16.0. The van der Waals surface area contributed by atoms with Gasteiger partial charge in [0.15, 0.2) is 0 Å². The van der Waals surface area contributed by atoms with Gasteiger partial charge < -0.3 is 34.2 Å². The first-order valence-electron chi connectivity index (χ1n) is 21.7. The minimum absolute atomic E-state index is 0.100. The highest BCUT2D eigenvalue weighted by atomic mass is 32.2. The Kier molecular flexibility index (Phi) is 14.7. The zero-order chi connectivity index (χ0) is 42.1. The van der Waals surface area contributed by atoms with Crippen molar-refractivity contribution in [3.05, 3.63) is 120 Å². The summed E-state index contributed by atoms with van der Waals surface area (Å²) in [6, 6.07) is 27.6. The Morgan fingerprint density at radius 3 is 2.42 bits per heavy atom. The van der Waals surface area contributed by atoms with Crippen molar-refractivity contribution >= 4 is 34.2 Å². The van der Waals surface area contributed by atoms with E-state index in [1.165, 1.54) is 0 Å². The fraction of sp³-hybridized carbons (Fsp3) is 0.440. The van der Waals surface area contributed by atoms with Gasteiger partial charge in [-0.2, -0.15) is 0 Å². The molecule has 1 saturated carbocycles. The number of aliphatic hydroxyl groups excluding tert-OH is 2. The predicted octanol–water partition coefficient (Wildman–Crippen LogP) is 10.6. The van der Waals surface area contributed by atoms with E-state index in [2.05, 4.69) is 50.1 Å². The fourth-order valence-corrected chi connectivity index (χ4v) is 10.2. The monoisotopic (exact) mass is 832 g/mol. The molecule has 3 aliphatic rings. The summed E-state index contributed by atoms with van der Waals surface area (Å²) in [5.74, 6) is 0.407. The van der Waals surface area contributed by atoms with Crippen LogP contribution in [-0.2, 0) is 9.57 Å². The van der Waals surface area contributed by atoms with Crippen molar-refractivity contribution in [1.82, 2.24) is 4.90 Å². The first-order valence-corrected chi connectivity index (χ1v) is 22.9. The first-order chi connectivity index (χ1) is 29.4. The zero-order valence-corrected chi connectivity index (χ0v) is 36.1. The van der Waals surface area contributed by atoms with E-state index in [0.29, 0.717) is 55.9 Å². The van der Waals surface area contributed by atoms with Crippen LogP contribution in [0.25, 0.3) is 10.8 Å². The molecule has 1 aliphatic heterocycles. The number of benzene rings is 4. The number of fused-ring (bicyclic) bond motifs is 3. The highest BCUT2D eigenvalue weighted by Crippen LogP contribution is 2.62. The van der Waals surface area contributed by atoms with E-state index in [1.54, 1.807) is 17.8 Å². The van der Waals surface area contributed by atoms with Crippen molar-refractivity contribution in [3.8, 4) is 17.2 Å². The third-order valence-electron chi connectivity index (χ3n) is 12.3. The van der Waals surface area contributed by atoms with E-state index in [-0.39, 0.29) is 43.5 Å². The molecular weight excluding hydrogens is 773 g/mol. The third-order valence-corrected chi connectivity index (χ3v) is 13.1. The van der Waals surface area contributed by atoms with Crippen LogP contribution in [0, 0.1) is 17.8 Å². The van der Waals surface area contributed by atoms with Crippen LogP contribution in [0.3, 0.4) is 0 Å². The van der Waals surface area contributed by atoms with Crippen LogP contribution in [0.5, 0.6) is 17.2 Å². The van der Waals surface area contributed by atoms with Crippen LogP contribution in [0.2, 0.25) is 0 Å². The molecule has 4 aromatic rings. The number of rotatable bonds is 20. The molecule has 0 radical (unpaired) electrons. The number of unbranched alkanes of at least 4 members (excludes halogenated alkanes) is 2. The topological polar surface area (TPSA) is 110 Å².